The van der Waals surface area contributed by atoms with Gasteiger partial charge in [0.25, 0.3) is 0 Å². The lowest BCUT2D eigenvalue weighted by atomic mass is 10.1. The van der Waals surface area contributed by atoms with Crippen molar-refractivity contribution in [1.29, 1.82) is 0 Å². The molecule has 3 aromatic rings. The molecule has 3 heterocycles. The third-order valence-corrected chi connectivity index (χ3v) is 4.37. The summed E-state index contributed by atoms with van der Waals surface area (Å²) < 4.78 is 42.8. The number of fused-ring (bicyclic) bond motifs is 1. The van der Waals surface area contributed by atoms with E-state index in [1.54, 1.807) is 0 Å². The molecule has 0 aliphatic rings. The van der Waals surface area contributed by atoms with Gasteiger partial charge in [-0.2, -0.15) is 4.98 Å². The lowest BCUT2D eigenvalue weighted by Crippen LogP contribution is -2.07. The van der Waals surface area contributed by atoms with Crippen LogP contribution in [-0.2, 0) is 13.0 Å². The summed E-state index contributed by atoms with van der Waals surface area (Å²) in [5.41, 5.74) is 0.415. The Labute approximate surface area is 157 Å². The predicted octanol–water partition coefficient (Wildman–Crippen LogP) is 4.61. The zero-order valence-electron chi connectivity index (χ0n) is 13.6. The van der Waals surface area contributed by atoms with Gasteiger partial charge in [0.15, 0.2) is 11.6 Å². The van der Waals surface area contributed by atoms with Crippen molar-refractivity contribution in [1.82, 2.24) is 19.6 Å². The minimum atomic E-state index is -1.10. The van der Waals surface area contributed by atoms with Gasteiger partial charge in [0.2, 0.25) is 5.28 Å². The largest absolute Gasteiger partial charge is 0.364 e. The third kappa shape index (κ3) is 3.71. The second kappa shape index (κ2) is 7.67. The number of hydrogen-bond acceptors (Lipinski definition) is 4. The summed E-state index contributed by atoms with van der Waals surface area (Å²) in [6, 6.07) is 1.48. The SMILES string of the molecule is CC(F)CCc1c(F)c2c(NCc3ccncc3F)nc(Cl)nn2c1Cl. The highest BCUT2D eigenvalue weighted by atomic mass is 35.5. The van der Waals surface area contributed by atoms with Crippen molar-refractivity contribution in [2.45, 2.75) is 32.5 Å². The Hall–Kier alpha value is -2.06. The van der Waals surface area contributed by atoms with Crippen LogP contribution in [-0.4, -0.2) is 25.8 Å². The predicted molar refractivity (Wildman–Crippen MR) is 93.4 cm³/mol. The first-order valence-electron chi connectivity index (χ1n) is 7.77. The molecule has 0 aliphatic heterocycles. The second-order valence-electron chi connectivity index (χ2n) is 5.71. The number of aromatic nitrogens is 4. The minimum Gasteiger partial charge on any atom is -0.364 e. The Kier molecular flexibility index (Phi) is 5.52. The van der Waals surface area contributed by atoms with Gasteiger partial charge in [-0.05, 0) is 37.4 Å². The Bertz CT molecular complexity index is 945. The summed E-state index contributed by atoms with van der Waals surface area (Å²) in [5, 5.41) is 6.56. The second-order valence-corrected chi connectivity index (χ2v) is 6.41. The van der Waals surface area contributed by atoms with Crippen molar-refractivity contribution < 1.29 is 13.2 Å². The molecule has 26 heavy (non-hydrogen) atoms. The molecule has 0 aliphatic carbocycles. The van der Waals surface area contributed by atoms with Crippen LogP contribution in [0, 0.1) is 11.6 Å². The number of alkyl halides is 1. The fourth-order valence-electron chi connectivity index (χ4n) is 2.51. The maximum absolute atomic E-state index is 14.9. The molecule has 10 heteroatoms. The van der Waals surface area contributed by atoms with Gasteiger partial charge in [0.05, 0.1) is 12.4 Å². The summed E-state index contributed by atoms with van der Waals surface area (Å²) in [5.74, 6) is -1.12. The molecule has 1 N–H and O–H groups in total. The van der Waals surface area contributed by atoms with Crippen molar-refractivity contribution in [3.63, 3.8) is 0 Å². The highest BCUT2D eigenvalue weighted by Gasteiger charge is 2.23. The molecule has 0 aromatic carbocycles. The summed E-state index contributed by atoms with van der Waals surface area (Å²) in [6.45, 7) is 1.41. The quantitative estimate of drug-likeness (QED) is 0.652. The molecule has 1 atom stereocenters. The van der Waals surface area contributed by atoms with Crippen LogP contribution in [0.3, 0.4) is 0 Å². The topological polar surface area (TPSA) is 55.1 Å². The van der Waals surface area contributed by atoms with Crippen LogP contribution in [0.15, 0.2) is 18.5 Å². The number of pyridine rings is 1. The molecule has 138 valence electrons. The van der Waals surface area contributed by atoms with E-state index in [-0.39, 0.29) is 46.7 Å². The Morgan fingerprint density at radius 2 is 2.08 bits per heavy atom. The van der Waals surface area contributed by atoms with E-state index in [2.05, 4.69) is 20.4 Å². The number of rotatable bonds is 6. The van der Waals surface area contributed by atoms with Crippen LogP contribution >= 0.6 is 23.2 Å². The lowest BCUT2D eigenvalue weighted by Gasteiger charge is -2.08. The molecule has 5 nitrogen and oxygen atoms in total. The zero-order chi connectivity index (χ0) is 18.8. The van der Waals surface area contributed by atoms with Crippen LogP contribution in [0.25, 0.3) is 5.52 Å². The smallest absolute Gasteiger partial charge is 0.243 e. The van der Waals surface area contributed by atoms with Crippen LogP contribution in [0.4, 0.5) is 19.0 Å². The van der Waals surface area contributed by atoms with Gasteiger partial charge >= 0.3 is 0 Å². The molecule has 0 fully saturated rings. The molecule has 0 saturated carbocycles. The maximum atomic E-state index is 14.9. The van der Waals surface area contributed by atoms with E-state index in [1.807, 2.05) is 0 Å². The van der Waals surface area contributed by atoms with Crippen molar-refractivity contribution in [3.8, 4) is 0 Å². The first kappa shape index (κ1) is 18.7. The zero-order valence-corrected chi connectivity index (χ0v) is 15.1. The minimum absolute atomic E-state index is 0.000548. The van der Waals surface area contributed by atoms with Crippen LogP contribution in [0.2, 0.25) is 10.4 Å². The lowest BCUT2D eigenvalue weighted by molar-refractivity contribution is 0.340. The molecule has 0 bridgehead atoms. The first-order chi connectivity index (χ1) is 12.4. The molecular weight excluding hydrogens is 390 g/mol. The maximum Gasteiger partial charge on any atom is 0.243 e. The summed E-state index contributed by atoms with van der Waals surface area (Å²) in [4.78, 5) is 7.63. The monoisotopic (exact) mass is 403 g/mol. The molecule has 3 aromatic heterocycles. The standard InChI is InChI=1S/C16H14Cl2F3N5/c1-8(19)2-3-10-12(21)13-15(24-16(18)25-26(13)14(10)17)23-6-9-4-5-22-7-11(9)20/h4-5,7-8H,2-3,6H2,1H3,(H,23,24,25). The molecular formula is C16H14Cl2F3N5. The van der Waals surface area contributed by atoms with Crippen molar-refractivity contribution in [2.75, 3.05) is 5.32 Å². The average Bonchev–Trinajstić information content (AvgIpc) is 2.82. The van der Waals surface area contributed by atoms with E-state index >= 15 is 0 Å². The van der Waals surface area contributed by atoms with E-state index in [9.17, 15) is 13.2 Å². The van der Waals surface area contributed by atoms with E-state index in [1.165, 1.54) is 19.2 Å². The van der Waals surface area contributed by atoms with E-state index in [0.29, 0.717) is 5.56 Å². The van der Waals surface area contributed by atoms with Gasteiger partial charge in [0, 0.05) is 23.9 Å². The highest BCUT2D eigenvalue weighted by molar-refractivity contribution is 6.31. The average molecular weight is 404 g/mol. The Morgan fingerprint density at radius 1 is 1.31 bits per heavy atom. The normalized spacial score (nSPS) is 12.5. The van der Waals surface area contributed by atoms with Crippen LogP contribution in [0.5, 0.6) is 0 Å². The number of nitrogens with zero attached hydrogens (tertiary/aromatic N) is 4. The van der Waals surface area contributed by atoms with E-state index < -0.39 is 17.8 Å². The van der Waals surface area contributed by atoms with Gasteiger partial charge in [-0.3, -0.25) is 4.98 Å². The highest BCUT2D eigenvalue weighted by Crippen LogP contribution is 2.31. The van der Waals surface area contributed by atoms with Gasteiger partial charge in [-0.1, -0.05) is 11.6 Å². The Morgan fingerprint density at radius 3 is 2.77 bits per heavy atom. The molecule has 0 spiro atoms. The fourth-order valence-corrected chi connectivity index (χ4v) is 2.97. The number of hydrogen-bond donors (Lipinski definition) is 1. The summed E-state index contributed by atoms with van der Waals surface area (Å²) >= 11 is 12.1. The summed E-state index contributed by atoms with van der Waals surface area (Å²) in [7, 11) is 0. The van der Waals surface area contributed by atoms with Gasteiger partial charge < -0.3 is 5.32 Å². The molecule has 3 rings (SSSR count). The number of anilines is 1. The molecule has 1 unspecified atom stereocenters. The third-order valence-electron chi connectivity index (χ3n) is 3.83. The summed E-state index contributed by atoms with van der Waals surface area (Å²) in [6.07, 6.45) is 1.62. The van der Waals surface area contributed by atoms with Gasteiger partial charge in [-0.15, -0.1) is 5.10 Å². The Balaban J connectivity index is 1.99. The van der Waals surface area contributed by atoms with Crippen molar-refractivity contribution in [3.05, 3.63) is 51.7 Å². The van der Waals surface area contributed by atoms with E-state index in [4.69, 9.17) is 23.2 Å². The van der Waals surface area contributed by atoms with Crippen molar-refractivity contribution >= 4 is 34.5 Å². The van der Waals surface area contributed by atoms with Crippen LogP contribution in [0.1, 0.15) is 24.5 Å². The molecule has 0 amide bonds. The van der Waals surface area contributed by atoms with Gasteiger partial charge in [-0.25, -0.2) is 17.7 Å². The fraction of sp³-hybridized carbons (Fsp3) is 0.312. The number of halogens is 5. The first-order valence-corrected chi connectivity index (χ1v) is 8.52. The molecule has 0 radical (unpaired) electrons. The van der Waals surface area contributed by atoms with Crippen LogP contribution < -0.4 is 5.32 Å². The number of nitrogens with one attached hydrogen (secondary N) is 1. The van der Waals surface area contributed by atoms with Crippen molar-refractivity contribution in [2.24, 2.45) is 0 Å². The van der Waals surface area contributed by atoms with E-state index in [0.717, 1.165) is 10.7 Å². The molecule has 0 saturated heterocycles. The van der Waals surface area contributed by atoms with Gasteiger partial charge in [0.1, 0.15) is 16.5 Å².